The number of carbonyl (C=O) groups excluding carboxylic acids is 7. The number of alkyl halides is 3. The largest absolute Gasteiger partial charge is 0.416 e. The molecule has 5 aromatic rings. The van der Waals surface area contributed by atoms with Gasteiger partial charge in [-0.2, -0.15) is 18.3 Å². The van der Waals surface area contributed by atoms with Crippen molar-refractivity contribution < 1.29 is 51.5 Å². The van der Waals surface area contributed by atoms with E-state index in [-0.39, 0.29) is 60.4 Å². The topological polar surface area (TPSA) is 258 Å². The van der Waals surface area contributed by atoms with Crippen molar-refractivity contribution >= 4 is 76.2 Å². The quantitative estimate of drug-likeness (QED) is 0.0420. The Balaban J connectivity index is 0.000000206. The average Bonchev–Trinajstić information content (AvgIpc) is 3.67. The molecule has 1 atom stereocenters. The third-order valence-electron chi connectivity index (χ3n) is 15.7. The number of H-pyrrole nitrogens is 1. The molecule has 10 rings (SSSR count). The summed E-state index contributed by atoms with van der Waals surface area (Å²) in [5, 5.41) is 15.7. The fourth-order valence-electron chi connectivity index (χ4n) is 11.3. The average molecular weight is 1130 g/mol. The maximum atomic E-state index is 13.1. The van der Waals surface area contributed by atoms with E-state index in [9.17, 15) is 46.7 Å². The fourth-order valence-corrected chi connectivity index (χ4v) is 11.3. The molecule has 7 heterocycles. The number of likely N-dealkylation sites (tertiary alicyclic amines) is 1. The van der Waals surface area contributed by atoms with Crippen LogP contribution < -0.4 is 26.6 Å². The number of anilines is 3. The van der Waals surface area contributed by atoms with Gasteiger partial charge in [-0.15, -0.1) is 0 Å². The maximum Gasteiger partial charge on any atom is 0.416 e. The minimum Gasteiger partial charge on any atom is -0.383 e. The summed E-state index contributed by atoms with van der Waals surface area (Å²) in [7, 11) is 0. The summed E-state index contributed by atoms with van der Waals surface area (Å²) in [5.74, 6) is -2.52. The molecule has 1 aliphatic carbocycles. The molecule has 1 saturated carbocycles. The van der Waals surface area contributed by atoms with Crippen LogP contribution in [0.3, 0.4) is 0 Å². The molecular weight excluding hydrogens is 1060 g/mol. The molecule has 2 aromatic carbocycles. The number of piperidine rings is 3. The zero-order chi connectivity index (χ0) is 57.9. The van der Waals surface area contributed by atoms with Crippen LogP contribution in [-0.2, 0) is 30.1 Å². The van der Waals surface area contributed by atoms with E-state index in [1.54, 1.807) is 35.4 Å². The minimum absolute atomic E-state index is 0.0330. The molecule has 434 valence electrons. The number of nitrogen functional groups attached to an aromatic ring is 1. The van der Waals surface area contributed by atoms with Gasteiger partial charge < -0.3 is 35.8 Å². The Morgan fingerprint density at radius 3 is 2.28 bits per heavy atom. The van der Waals surface area contributed by atoms with Crippen molar-refractivity contribution in [1.82, 2.24) is 45.5 Å². The predicted octanol–water partition coefficient (Wildman–Crippen LogP) is 7.52. The van der Waals surface area contributed by atoms with Crippen LogP contribution in [-0.4, -0.2) is 147 Å². The van der Waals surface area contributed by atoms with Gasteiger partial charge in [0.2, 0.25) is 24.1 Å². The third kappa shape index (κ3) is 14.3. The molecule has 3 aromatic heterocycles. The Hall–Kier alpha value is -8.05. The van der Waals surface area contributed by atoms with E-state index in [0.29, 0.717) is 64.5 Å². The van der Waals surface area contributed by atoms with Crippen LogP contribution in [0, 0.1) is 0 Å². The van der Waals surface area contributed by atoms with Crippen molar-refractivity contribution in [2.75, 3.05) is 61.8 Å². The van der Waals surface area contributed by atoms with E-state index >= 15 is 0 Å². The van der Waals surface area contributed by atoms with Gasteiger partial charge in [-0.25, -0.2) is 9.97 Å². The van der Waals surface area contributed by atoms with Crippen molar-refractivity contribution in [1.29, 1.82) is 0 Å². The van der Waals surface area contributed by atoms with Gasteiger partial charge in [0.05, 0.1) is 40.0 Å². The zero-order valence-corrected chi connectivity index (χ0v) is 45.8. The number of aromatic amines is 1. The number of halogens is 3. The smallest absolute Gasteiger partial charge is 0.383 e. The lowest BCUT2D eigenvalue weighted by Crippen LogP contribution is -2.54. The van der Waals surface area contributed by atoms with Crippen molar-refractivity contribution in [3.63, 3.8) is 0 Å². The van der Waals surface area contributed by atoms with Gasteiger partial charge in [-0.1, -0.05) is 50.5 Å². The van der Waals surface area contributed by atoms with Crippen LogP contribution in [0.5, 0.6) is 0 Å². The van der Waals surface area contributed by atoms with Gasteiger partial charge in [0.15, 0.2) is 0 Å². The number of nitrogens with one attached hydrogen (secondary N) is 4. The lowest BCUT2D eigenvalue weighted by molar-refractivity contribution is -0.138. The Labute approximate surface area is 472 Å². The number of benzene rings is 2. The molecule has 0 spiro atoms. The number of carbonyl (C=O) groups is 7. The van der Waals surface area contributed by atoms with Crippen LogP contribution in [0.4, 0.5) is 30.5 Å². The summed E-state index contributed by atoms with van der Waals surface area (Å²) in [6, 6.07) is 12.6. The van der Waals surface area contributed by atoms with Gasteiger partial charge in [0, 0.05) is 92.9 Å². The number of ether oxygens (including phenoxy) is 1. The first-order chi connectivity index (χ1) is 39.6. The number of fused-ring (bicyclic) bond motifs is 2. The number of imide groups is 2. The first-order valence-corrected chi connectivity index (χ1v) is 28.3. The van der Waals surface area contributed by atoms with E-state index in [2.05, 4.69) is 52.8 Å². The fraction of sp³-hybridized carbons (Fsp3) is 0.458. The van der Waals surface area contributed by atoms with E-state index in [0.717, 1.165) is 113 Å². The van der Waals surface area contributed by atoms with Crippen molar-refractivity contribution in [3.05, 3.63) is 101 Å². The van der Waals surface area contributed by atoms with Gasteiger partial charge in [-0.3, -0.25) is 48.9 Å². The summed E-state index contributed by atoms with van der Waals surface area (Å²) in [5.41, 5.74) is 9.57. The number of nitrogens with two attached hydrogens (primary N) is 1. The van der Waals surface area contributed by atoms with Gasteiger partial charge in [0.1, 0.15) is 23.2 Å². The predicted molar refractivity (Wildman–Crippen MR) is 301 cm³/mol. The van der Waals surface area contributed by atoms with Gasteiger partial charge in [0.25, 0.3) is 17.7 Å². The highest BCUT2D eigenvalue weighted by molar-refractivity contribution is 6.23. The van der Waals surface area contributed by atoms with Crippen molar-refractivity contribution in [3.8, 4) is 11.3 Å². The molecule has 1 unspecified atom stereocenters. The summed E-state index contributed by atoms with van der Waals surface area (Å²) in [6.07, 6.45) is 15.0. The highest BCUT2D eigenvalue weighted by Gasteiger charge is 2.45. The molecule has 82 heavy (non-hydrogen) atoms. The first kappa shape index (κ1) is 58.6. The number of amides is 7. The molecule has 4 fully saturated rings. The lowest BCUT2D eigenvalue weighted by atomic mass is 9.95. The lowest BCUT2D eigenvalue weighted by Gasteiger charge is -2.38. The SMILES string of the molecule is CCCN1CCC(OC2CCN(c3ccc4c(c3)C(=O)N(C3CCC(=O)NC3=O)C4=O)CC2)CC1.Nc1ncc(/C=C/CCN(C=O)CCC(=O)NC2CCCCC2)c2n[nH]c(-c3ccc(C(=O)Nc4cc(C(F)(F)F)ccn4)cc3)c12. The molecule has 5 aliphatic rings. The normalized spacial score (nSPS) is 18.6. The molecule has 7 amide bonds. The van der Waals surface area contributed by atoms with Crippen LogP contribution in [0.15, 0.2) is 73.1 Å². The van der Waals surface area contributed by atoms with Gasteiger partial charge >= 0.3 is 6.18 Å². The maximum absolute atomic E-state index is 13.1. The summed E-state index contributed by atoms with van der Waals surface area (Å²) < 4.78 is 45.4. The second kappa shape index (κ2) is 26.7. The molecule has 0 bridgehead atoms. The highest BCUT2D eigenvalue weighted by Crippen LogP contribution is 2.35. The number of hydrogen-bond donors (Lipinski definition) is 5. The van der Waals surface area contributed by atoms with Crippen LogP contribution in [0.25, 0.3) is 28.2 Å². The Kier molecular flexibility index (Phi) is 19.1. The monoisotopic (exact) mass is 1130 g/mol. The van der Waals surface area contributed by atoms with E-state index in [1.807, 2.05) is 18.2 Å². The zero-order valence-electron chi connectivity index (χ0n) is 45.8. The number of hydrogen-bond acceptors (Lipinski definition) is 14. The second-order valence-electron chi connectivity index (χ2n) is 21.4. The Morgan fingerprint density at radius 1 is 0.866 bits per heavy atom. The van der Waals surface area contributed by atoms with E-state index < -0.39 is 41.4 Å². The molecular formula is C59H69F3N12O8. The second-order valence-corrected chi connectivity index (χ2v) is 21.4. The molecule has 23 heteroatoms. The van der Waals surface area contributed by atoms with Crippen LogP contribution in [0.2, 0.25) is 0 Å². The highest BCUT2D eigenvalue weighted by atomic mass is 19.4. The van der Waals surface area contributed by atoms with Crippen LogP contribution in [0.1, 0.15) is 139 Å². The number of rotatable bonds is 18. The minimum atomic E-state index is -4.56. The first-order valence-electron chi connectivity index (χ1n) is 28.3. The molecule has 3 saturated heterocycles. The number of aromatic nitrogens is 4. The standard InChI is InChI=1S/C33H35F3N8O3.C26H34N4O5/c34-33(35,36)24-13-15-38-26(18-24)41-32(47)22-11-9-21(10-12-22)29-28-30(43-42-29)23(19-39-31(28)37)6-4-5-16-44(20-45)17-14-27(46)40-25-7-2-1-3-8-25;1-2-11-28-12-7-18(8-13-28)35-19-9-14-29(15-10-19)17-3-4-20-21(16-17)26(34)30(25(20)33)22-5-6-23(31)27-24(22)32/h4,6,9-13,15,18-20,25H,1-3,5,7-8,14,16-17H2,(H2,37,39)(H,40,46)(H,42,43)(H,38,41,47);3-4,16,18-19,22H,2,5-15H2,1H3,(H,27,31,32)/b6-4+;. The Morgan fingerprint density at radius 2 is 1.59 bits per heavy atom. The third-order valence-corrected chi connectivity index (χ3v) is 15.7. The van der Waals surface area contributed by atoms with Gasteiger partial charge in [-0.05, 0) is 107 Å². The number of pyridine rings is 2. The van der Waals surface area contributed by atoms with Crippen molar-refractivity contribution in [2.45, 2.75) is 127 Å². The molecule has 20 nitrogen and oxygen atoms in total. The summed E-state index contributed by atoms with van der Waals surface area (Å²) in [6.45, 7) is 8.08. The molecule has 4 aliphatic heterocycles. The summed E-state index contributed by atoms with van der Waals surface area (Å²) in [4.78, 5) is 102. The van der Waals surface area contributed by atoms with E-state index in [1.165, 1.54) is 31.5 Å². The summed E-state index contributed by atoms with van der Waals surface area (Å²) >= 11 is 0. The van der Waals surface area contributed by atoms with Crippen LogP contribution >= 0.6 is 0 Å². The molecule has 0 radical (unpaired) electrons. The Bertz CT molecular complexity index is 3170. The van der Waals surface area contributed by atoms with Crippen molar-refractivity contribution in [2.24, 2.45) is 0 Å². The number of nitrogens with zero attached hydrogens (tertiary/aromatic N) is 7. The van der Waals surface area contributed by atoms with E-state index in [4.69, 9.17) is 10.5 Å². The molecule has 6 N–H and O–H groups in total.